The Morgan fingerprint density at radius 2 is 1.92 bits per heavy atom. The molecule has 0 aliphatic heterocycles. The van der Waals surface area contributed by atoms with Gasteiger partial charge in [0.15, 0.2) is 0 Å². The quantitative estimate of drug-likeness (QED) is 0.701. The first-order chi connectivity index (χ1) is 11.5. The van der Waals surface area contributed by atoms with Crippen molar-refractivity contribution in [3.05, 3.63) is 62.5 Å². The molecule has 0 unspecified atom stereocenters. The zero-order valence-corrected chi connectivity index (χ0v) is 14.4. The molecule has 128 valence electrons. The van der Waals surface area contributed by atoms with E-state index < -0.39 is 0 Å². The van der Waals surface area contributed by atoms with Gasteiger partial charge in [-0.05, 0) is 49.7 Å². The number of amides is 2. The highest BCUT2D eigenvalue weighted by Crippen LogP contribution is 2.15. The number of hydrogen-bond acceptors (Lipinski definition) is 3. The first-order valence-corrected chi connectivity index (χ1v) is 7.93. The Morgan fingerprint density at radius 1 is 1.21 bits per heavy atom. The van der Waals surface area contributed by atoms with Gasteiger partial charge in [-0.1, -0.05) is 11.6 Å². The van der Waals surface area contributed by atoms with Crippen molar-refractivity contribution in [2.75, 3.05) is 13.2 Å². The molecule has 2 aromatic rings. The minimum Gasteiger partial charge on any atom is -0.492 e. The van der Waals surface area contributed by atoms with E-state index in [-0.39, 0.29) is 18.1 Å². The molecule has 3 N–H and O–H groups in total. The Hall–Kier alpha value is -2.47. The van der Waals surface area contributed by atoms with E-state index >= 15 is 0 Å². The molecule has 0 saturated carbocycles. The molecule has 1 aromatic carbocycles. The molecule has 2 rings (SSSR count). The first kappa shape index (κ1) is 17.9. The number of aromatic nitrogens is 1. The second kappa shape index (κ2) is 8.40. The predicted octanol–water partition coefficient (Wildman–Crippen LogP) is 2.52. The maximum absolute atomic E-state index is 11.9. The first-order valence-electron chi connectivity index (χ1n) is 7.55. The van der Waals surface area contributed by atoms with Crippen LogP contribution in [-0.4, -0.2) is 24.2 Å². The molecule has 1 heterocycles. The molecule has 0 bridgehead atoms. The second-order valence-corrected chi connectivity index (χ2v) is 5.79. The number of halogens is 1. The van der Waals surface area contributed by atoms with Crippen molar-refractivity contribution < 1.29 is 9.53 Å². The van der Waals surface area contributed by atoms with E-state index in [1.54, 1.807) is 24.3 Å². The van der Waals surface area contributed by atoms with Crippen molar-refractivity contribution in [1.29, 1.82) is 0 Å². The van der Waals surface area contributed by atoms with Gasteiger partial charge in [-0.15, -0.1) is 0 Å². The normalized spacial score (nSPS) is 10.3. The van der Waals surface area contributed by atoms with Gasteiger partial charge in [0, 0.05) is 16.3 Å². The van der Waals surface area contributed by atoms with Gasteiger partial charge in [0.25, 0.3) is 5.56 Å². The largest absolute Gasteiger partial charge is 0.492 e. The summed E-state index contributed by atoms with van der Waals surface area (Å²) >= 11 is 5.79. The lowest BCUT2D eigenvalue weighted by Crippen LogP contribution is -2.38. The molecule has 0 radical (unpaired) electrons. The lowest BCUT2D eigenvalue weighted by atomic mass is 10.1. The Balaban J connectivity index is 1.72. The molecule has 0 fully saturated rings. The van der Waals surface area contributed by atoms with Gasteiger partial charge >= 0.3 is 6.03 Å². The van der Waals surface area contributed by atoms with Crippen LogP contribution in [-0.2, 0) is 6.54 Å². The highest BCUT2D eigenvalue weighted by Gasteiger charge is 2.07. The third-order valence-electron chi connectivity index (χ3n) is 3.39. The van der Waals surface area contributed by atoms with Gasteiger partial charge in [0.1, 0.15) is 12.4 Å². The van der Waals surface area contributed by atoms with Crippen molar-refractivity contribution in [2.24, 2.45) is 0 Å². The number of aryl methyl sites for hydroxylation is 2. The number of benzene rings is 1. The van der Waals surface area contributed by atoms with Crippen LogP contribution in [0.4, 0.5) is 4.79 Å². The fourth-order valence-electron chi connectivity index (χ4n) is 2.20. The van der Waals surface area contributed by atoms with Gasteiger partial charge in [0.05, 0.1) is 13.1 Å². The standard InChI is InChI=1S/C17H20ClN3O3/c1-11-9-12(2)21-16(22)15(11)10-20-17(23)19-7-8-24-14-5-3-13(18)4-6-14/h3-6,9H,7-8,10H2,1-2H3,(H,21,22)(H2,19,20,23). The molecule has 1 aromatic heterocycles. The summed E-state index contributed by atoms with van der Waals surface area (Å²) in [5, 5.41) is 5.97. The third-order valence-corrected chi connectivity index (χ3v) is 3.64. The van der Waals surface area contributed by atoms with Crippen molar-refractivity contribution in [2.45, 2.75) is 20.4 Å². The third kappa shape index (κ3) is 5.31. The summed E-state index contributed by atoms with van der Waals surface area (Å²) in [7, 11) is 0. The highest BCUT2D eigenvalue weighted by atomic mass is 35.5. The van der Waals surface area contributed by atoms with Crippen molar-refractivity contribution in [1.82, 2.24) is 15.6 Å². The van der Waals surface area contributed by atoms with Crippen molar-refractivity contribution in [3.63, 3.8) is 0 Å². The Bertz CT molecular complexity index is 757. The molecule has 6 nitrogen and oxygen atoms in total. The lowest BCUT2D eigenvalue weighted by Gasteiger charge is -2.10. The maximum atomic E-state index is 11.9. The summed E-state index contributed by atoms with van der Waals surface area (Å²) < 4.78 is 5.47. The van der Waals surface area contributed by atoms with E-state index in [0.29, 0.717) is 29.5 Å². The second-order valence-electron chi connectivity index (χ2n) is 5.35. The van der Waals surface area contributed by atoms with Crippen LogP contribution in [0.2, 0.25) is 5.02 Å². The molecule has 24 heavy (non-hydrogen) atoms. The van der Waals surface area contributed by atoms with Gasteiger partial charge in [-0.3, -0.25) is 4.79 Å². The van der Waals surface area contributed by atoms with Gasteiger partial charge in [-0.2, -0.15) is 0 Å². The summed E-state index contributed by atoms with van der Waals surface area (Å²) in [6, 6.07) is 8.51. The molecule has 0 aliphatic carbocycles. The molecule has 0 saturated heterocycles. The summed E-state index contributed by atoms with van der Waals surface area (Å²) in [6.45, 7) is 4.51. The van der Waals surface area contributed by atoms with Crippen LogP contribution in [0.1, 0.15) is 16.8 Å². The Labute approximate surface area is 145 Å². The molecule has 2 amide bonds. The highest BCUT2D eigenvalue weighted by molar-refractivity contribution is 6.30. The van der Waals surface area contributed by atoms with Crippen molar-refractivity contribution >= 4 is 17.6 Å². The van der Waals surface area contributed by atoms with Gasteiger partial charge < -0.3 is 20.4 Å². The molecular weight excluding hydrogens is 330 g/mol. The summed E-state index contributed by atoms with van der Waals surface area (Å²) in [5.74, 6) is 0.684. The van der Waals surface area contributed by atoms with Gasteiger partial charge in [-0.25, -0.2) is 4.79 Å². The number of pyridine rings is 1. The number of carbonyl (C=O) groups excluding carboxylic acids is 1. The molecular formula is C17H20ClN3O3. The van der Waals surface area contributed by atoms with Crippen molar-refractivity contribution in [3.8, 4) is 5.75 Å². The van der Waals surface area contributed by atoms with Crippen LogP contribution < -0.4 is 20.9 Å². The number of nitrogens with one attached hydrogen (secondary N) is 3. The summed E-state index contributed by atoms with van der Waals surface area (Å²) in [5.41, 5.74) is 2.01. The number of H-pyrrole nitrogens is 1. The van der Waals surface area contributed by atoms with E-state index in [2.05, 4.69) is 15.6 Å². The Morgan fingerprint density at radius 3 is 2.58 bits per heavy atom. The predicted molar refractivity (Wildman–Crippen MR) is 93.7 cm³/mol. The molecule has 0 atom stereocenters. The number of urea groups is 1. The smallest absolute Gasteiger partial charge is 0.315 e. The van der Waals surface area contributed by atoms with Crippen LogP contribution >= 0.6 is 11.6 Å². The summed E-state index contributed by atoms with van der Waals surface area (Å²) in [4.78, 5) is 26.3. The average Bonchev–Trinajstić information content (AvgIpc) is 2.52. The van der Waals surface area contributed by atoms with Crippen LogP contribution in [0, 0.1) is 13.8 Å². The van der Waals surface area contributed by atoms with Gasteiger partial charge in [0.2, 0.25) is 0 Å². The summed E-state index contributed by atoms with van der Waals surface area (Å²) in [6.07, 6.45) is 0. The number of carbonyl (C=O) groups is 1. The zero-order valence-electron chi connectivity index (χ0n) is 13.6. The molecule has 7 heteroatoms. The van der Waals surface area contributed by atoms with Crippen LogP contribution in [0.15, 0.2) is 35.1 Å². The minimum atomic E-state index is -0.353. The van der Waals surface area contributed by atoms with Crippen LogP contribution in [0.3, 0.4) is 0 Å². The number of ether oxygens (including phenoxy) is 1. The van der Waals surface area contributed by atoms with E-state index in [1.165, 1.54) is 0 Å². The number of rotatable bonds is 6. The topological polar surface area (TPSA) is 83.2 Å². The van der Waals surface area contributed by atoms with E-state index in [4.69, 9.17) is 16.3 Å². The fourth-order valence-corrected chi connectivity index (χ4v) is 2.32. The van der Waals surface area contributed by atoms with Crippen LogP contribution in [0.5, 0.6) is 5.75 Å². The molecule has 0 aliphatic rings. The number of aromatic amines is 1. The van der Waals surface area contributed by atoms with E-state index in [9.17, 15) is 9.59 Å². The SMILES string of the molecule is Cc1cc(C)c(CNC(=O)NCCOc2ccc(Cl)cc2)c(=O)[nH]1. The minimum absolute atomic E-state index is 0.172. The number of hydrogen-bond donors (Lipinski definition) is 3. The monoisotopic (exact) mass is 349 g/mol. The fraction of sp³-hybridized carbons (Fsp3) is 0.294. The Kier molecular flexibility index (Phi) is 6.26. The lowest BCUT2D eigenvalue weighted by molar-refractivity contribution is 0.236. The molecule has 0 spiro atoms. The van der Waals surface area contributed by atoms with Crippen LogP contribution in [0.25, 0.3) is 0 Å². The zero-order chi connectivity index (χ0) is 17.5. The van der Waals surface area contributed by atoms with E-state index in [0.717, 1.165) is 11.3 Å². The maximum Gasteiger partial charge on any atom is 0.315 e. The van der Waals surface area contributed by atoms with E-state index in [1.807, 2.05) is 19.9 Å². The average molecular weight is 350 g/mol.